The summed E-state index contributed by atoms with van der Waals surface area (Å²) < 4.78 is 9.44. The average Bonchev–Trinajstić information content (AvgIpc) is 3.80. The third kappa shape index (κ3) is 9.59. The zero-order valence-corrected chi connectivity index (χ0v) is 31.3. The maximum absolute atomic E-state index is 13.5. The standard InChI is InChI=1S/C38H52N6O8/c1-37(2,3)29(41-35(49)51-7)33(47)43-21-9-11-27(43)31(45)39-25-17-13-23(14-18-25)24-15-19-26(20-16-24)40-32(46)28-12-10-22-44(28)34(48)30(38(4,5)6)42-36(50)52-8/h13-20,27-30H,9-12,21-22H2,1-8H3,(H,39,45)(H,40,46)(H,41,49)(H,42,50)/t27-,28-,29+,30?/m0/s1. The number of alkyl carbamates (subject to hydrolysis) is 2. The molecule has 2 saturated heterocycles. The van der Waals surface area contributed by atoms with E-state index >= 15 is 0 Å². The van der Waals surface area contributed by atoms with E-state index in [0.29, 0.717) is 50.1 Å². The first kappa shape index (κ1) is 39.6. The molecule has 2 fully saturated rings. The molecule has 1 unspecified atom stereocenters. The highest BCUT2D eigenvalue weighted by molar-refractivity contribution is 6.00. The maximum atomic E-state index is 13.5. The number of carbonyl (C=O) groups excluding carboxylic acids is 6. The molecule has 2 aromatic rings. The van der Waals surface area contributed by atoms with Gasteiger partial charge in [-0.2, -0.15) is 0 Å². The number of benzene rings is 2. The van der Waals surface area contributed by atoms with E-state index in [-0.39, 0.29) is 23.6 Å². The van der Waals surface area contributed by atoms with Crippen molar-refractivity contribution in [2.75, 3.05) is 37.9 Å². The van der Waals surface area contributed by atoms with Gasteiger partial charge in [-0.15, -0.1) is 0 Å². The van der Waals surface area contributed by atoms with E-state index in [1.54, 1.807) is 24.3 Å². The van der Waals surface area contributed by atoms with Gasteiger partial charge in [0.2, 0.25) is 23.6 Å². The van der Waals surface area contributed by atoms with Crippen LogP contribution in [0.2, 0.25) is 0 Å². The third-order valence-corrected chi connectivity index (χ3v) is 9.44. The summed E-state index contributed by atoms with van der Waals surface area (Å²) in [5, 5.41) is 11.1. The molecule has 52 heavy (non-hydrogen) atoms. The first-order chi connectivity index (χ1) is 24.4. The third-order valence-electron chi connectivity index (χ3n) is 9.44. The van der Waals surface area contributed by atoms with Crippen molar-refractivity contribution in [3.8, 4) is 11.1 Å². The number of likely N-dealkylation sites (tertiary alicyclic amines) is 2. The van der Waals surface area contributed by atoms with Crippen molar-refractivity contribution in [1.82, 2.24) is 20.4 Å². The first-order valence-electron chi connectivity index (χ1n) is 17.6. The summed E-state index contributed by atoms with van der Waals surface area (Å²) >= 11 is 0. The first-order valence-corrected chi connectivity index (χ1v) is 17.6. The number of hydrogen-bond donors (Lipinski definition) is 4. The van der Waals surface area contributed by atoms with E-state index in [2.05, 4.69) is 21.3 Å². The van der Waals surface area contributed by atoms with E-state index in [4.69, 9.17) is 9.47 Å². The Morgan fingerprint density at radius 3 is 1.21 bits per heavy atom. The molecule has 4 N–H and O–H groups in total. The fourth-order valence-corrected chi connectivity index (χ4v) is 6.53. The lowest BCUT2D eigenvalue weighted by Gasteiger charge is -2.35. The van der Waals surface area contributed by atoms with Gasteiger partial charge in [-0.05, 0) is 71.9 Å². The molecular weight excluding hydrogens is 668 g/mol. The van der Waals surface area contributed by atoms with Crippen LogP contribution in [0.25, 0.3) is 11.1 Å². The van der Waals surface area contributed by atoms with Crippen LogP contribution in [0.4, 0.5) is 21.0 Å². The second-order valence-corrected chi connectivity index (χ2v) is 15.4. The lowest BCUT2D eigenvalue weighted by atomic mass is 9.85. The van der Waals surface area contributed by atoms with Gasteiger partial charge in [-0.25, -0.2) is 9.59 Å². The molecule has 0 radical (unpaired) electrons. The highest BCUT2D eigenvalue weighted by Crippen LogP contribution is 2.29. The van der Waals surface area contributed by atoms with Crippen LogP contribution in [0, 0.1) is 10.8 Å². The summed E-state index contributed by atoms with van der Waals surface area (Å²) in [4.78, 5) is 80.7. The molecule has 0 saturated carbocycles. The summed E-state index contributed by atoms with van der Waals surface area (Å²) in [7, 11) is 2.47. The molecule has 2 aliphatic rings. The summed E-state index contributed by atoms with van der Waals surface area (Å²) in [6.45, 7) is 11.9. The zero-order chi connectivity index (χ0) is 38.4. The van der Waals surface area contributed by atoms with Crippen molar-refractivity contribution in [2.45, 2.75) is 91.4 Å². The molecule has 0 aromatic heterocycles. The van der Waals surface area contributed by atoms with E-state index in [9.17, 15) is 28.8 Å². The molecule has 4 rings (SSSR count). The SMILES string of the molecule is COC(=O)NC(C(=O)N1CCC[C@H]1C(=O)Nc1ccc(-c2ccc(NC(=O)[C@@H]3CCCN3C(=O)[C@@H](NC(=O)OC)C(C)(C)C)cc2)cc1)C(C)(C)C. The van der Waals surface area contributed by atoms with Crippen molar-refractivity contribution in [2.24, 2.45) is 10.8 Å². The molecule has 14 nitrogen and oxygen atoms in total. The molecule has 4 atom stereocenters. The van der Waals surface area contributed by atoms with Gasteiger partial charge in [0.15, 0.2) is 0 Å². The fraction of sp³-hybridized carbons (Fsp3) is 0.526. The second-order valence-electron chi connectivity index (χ2n) is 15.4. The van der Waals surface area contributed by atoms with E-state index in [0.717, 1.165) is 11.1 Å². The lowest BCUT2D eigenvalue weighted by molar-refractivity contribution is -0.140. The van der Waals surface area contributed by atoms with Gasteiger partial charge in [0.25, 0.3) is 0 Å². The van der Waals surface area contributed by atoms with Crippen LogP contribution in [0.1, 0.15) is 67.2 Å². The Bertz CT molecular complexity index is 1510. The van der Waals surface area contributed by atoms with Crippen molar-refractivity contribution >= 4 is 47.2 Å². The molecule has 2 heterocycles. The van der Waals surface area contributed by atoms with Gasteiger partial charge < -0.3 is 40.5 Å². The predicted molar refractivity (Wildman–Crippen MR) is 196 cm³/mol. The minimum atomic E-state index is -0.864. The van der Waals surface area contributed by atoms with Gasteiger partial charge in [0.05, 0.1) is 14.2 Å². The summed E-state index contributed by atoms with van der Waals surface area (Å²) in [6, 6.07) is 11.5. The van der Waals surface area contributed by atoms with Gasteiger partial charge >= 0.3 is 12.2 Å². The number of carbonyl (C=O) groups is 6. The fourth-order valence-electron chi connectivity index (χ4n) is 6.53. The topological polar surface area (TPSA) is 175 Å². The minimum Gasteiger partial charge on any atom is -0.453 e. The maximum Gasteiger partial charge on any atom is 0.407 e. The monoisotopic (exact) mass is 720 g/mol. The van der Waals surface area contributed by atoms with Crippen molar-refractivity contribution < 1.29 is 38.2 Å². The predicted octanol–water partition coefficient (Wildman–Crippen LogP) is 4.75. The van der Waals surface area contributed by atoms with Crippen LogP contribution >= 0.6 is 0 Å². The molecule has 6 amide bonds. The van der Waals surface area contributed by atoms with Crippen LogP contribution < -0.4 is 21.3 Å². The number of methoxy groups -OCH3 is 2. The van der Waals surface area contributed by atoms with E-state index in [1.807, 2.05) is 65.8 Å². The average molecular weight is 721 g/mol. The molecule has 2 aromatic carbocycles. The Balaban J connectivity index is 1.37. The quantitative estimate of drug-likeness (QED) is 0.287. The Hall–Kier alpha value is -5.14. The molecule has 14 heteroatoms. The van der Waals surface area contributed by atoms with Crippen LogP contribution in [0.5, 0.6) is 0 Å². The number of ether oxygens (including phenoxy) is 2. The molecule has 0 aliphatic carbocycles. The Morgan fingerprint density at radius 1 is 0.596 bits per heavy atom. The second kappa shape index (κ2) is 16.5. The number of amides is 6. The van der Waals surface area contributed by atoms with Crippen LogP contribution in [0.3, 0.4) is 0 Å². The van der Waals surface area contributed by atoms with E-state index < -0.39 is 47.2 Å². The van der Waals surface area contributed by atoms with E-state index in [1.165, 1.54) is 24.0 Å². The molecule has 2 aliphatic heterocycles. The van der Waals surface area contributed by atoms with Crippen molar-refractivity contribution in [1.29, 1.82) is 0 Å². The largest absolute Gasteiger partial charge is 0.453 e. The molecular formula is C38H52N6O8. The Kier molecular flexibility index (Phi) is 12.6. The Labute approximate surface area is 305 Å². The summed E-state index contributed by atoms with van der Waals surface area (Å²) in [5.41, 5.74) is 1.71. The van der Waals surface area contributed by atoms with Gasteiger partial charge in [-0.3, -0.25) is 19.2 Å². The molecule has 0 spiro atoms. The minimum absolute atomic E-state index is 0.305. The Morgan fingerprint density at radius 2 is 0.923 bits per heavy atom. The van der Waals surface area contributed by atoms with Crippen molar-refractivity contribution in [3.63, 3.8) is 0 Å². The number of nitrogens with zero attached hydrogens (tertiary/aromatic N) is 2. The summed E-state index contributed by atoms with van der Waals surface area (Å²) in [5.74, 6) is -1.27. The highest BCUT2D eigenvalue weighted by atomic mass is 16.5. The summed E-state index contributed by atoms with van der Waals surface area (Å²) in [6.07, 6.45) is 0.923. The van der Waals surface area contributed by atoms with Gasteiger partial charge in [-0.1, -0.05) is 65.8 Å². The molecule has 0 bridgehead atoms. The number of anilines is 2. The van der Waals surface area contributed by atoms with Gasteiger partial charge in [0.1, 0.15) is 24.2 Å². The smallest absolute Gasteiger partial charge is 0.407 e. The van der Waals surface area contributed by atoms with Crippen LogP contribution in [0.15, 0.2) is 48.5 Å². The van der Waals surface area contributed by atoms with Gasteiger partial charge in [0, 0.05) is 24.5 Å². The highest BCUT2D eigenvalue weighted by Gasteiger charge is 2.43. The normalized spacial score (nSPS) is 18.5. The number of nitrogens with one attached hydrogen (secondary N) is 4. The van der Waals surface area contributed by atoms with Crippen LogP contribution in [-0.2, 0) is 28.7 Å². The molecule has 282 valence electrons. The number of hydrogen-bond acceptors (Lipinski definition) is 8. The lowest BCUT2D eigenvalue weighted by Crippen LogP contribution is -2.57. The van der Waals surface area contributed by atoms with Crippen LogP contribution in [-0.4, -0.2) is 97.1 Å². The zero-order valence-electron chi connectivity index (χ0n) is 31.3. The number of rotatable bonds is 9. The van der Waals surface area contributed by atoms with Crippen molar-refractivity contribution in [3.05, 3.63) is 48.5 Å².